The van der Waals surface area contributed by atoms with E-state index in [0.717, 1.165) is 49.8 Å². The zero-order valence-corrected chi connectivity index (χ0v) is 17.9. The van der Waals surface area contributed by atoms with Crippen molar-refractivity contribution < 1.29 is 4.42 Å². The Morgan fingerprint density at radius 2 is 1.46 bits per heavy atom. The van der Waals surface area contributed by atoms with Crippen LogP contribution >= 0.6 is 0 Å². The minimum absolute atomic E-state index is 0.109. The van der Waals surface area contributed by atoms with Crippen molar-refractivity contribution in [2.24, 2.45) is 0 Å². The molecule has 0 saturated carbocycles. The van der Waals surface area contributed by atoms with E-state index >= 15 is 0 Å². The van der Waals surface area contributed by atoms with Crippen LogP contribution in [0, 0.1) is 0 Å². The van der Waals surface area contributed by atoms with Crippen molar-refractivity contribution in [2.45, 2.75) is 112 Å². The molecule has 0 N–H and O–H groups in total. The molecule has 0 saturated heterocycles. The van der Waals surface area contributed by atoms with Crippen molar-refractivity contribution in [3.05, 3.63) is 38.9 Å². The lowest BCUT2D eigenvalue weighted by Crippen LogP contribution is -2.13. The van der Waals surface area contributed by atoms with Gasteiger partial charge in [0.15, 0.2) is 0 Å². The molecule has 0 bridgehead atoms. The molecule has 26 heavy (non-hydrogen) atoms. The maximum atomic E-state index is 12.7. The smallest absolute Gasteiger partial charge is 0.339 e. The molecule has 148 valence electrons. The largest absolute Gasteiger partial charge is 0.423 e. The summed E-state index contributed by atoms with van der Waals surface area (Å²) in [5, 5.41) is 0. The van der Waals surface area contributed by atoms with Gasteiger partial charge in [-0.25, -0.2) is 4.79 Å². The van der Waals surface area contributed by atoms with Gasteiger partial charge >= 0.3 is 5.63 Å². The first-order chi connectivity index (χ1) is 12.6. The van der Waals surface area contributed by atoms with E-state index < -0.39 is 0 Å². The van der Waals surface area contributed by atoms with E-state index in [1.807, 2.05) is 0 Å². The molecule has 0 spiro atoms. The summed E-state index contributed by atoms with van der Waals surface area (Å²) in [7, 11) is 0. The molecule has 2 heteroatoms. The topological polar surface area (TPSA) is 30.2 Å². The molecule has 0 aliphatic rings. The van der Waals surface area contributed by atoms with E-state index in [4.69, 9.17) is 4.42 Å². The lowest BCUT2D eigenvalue weighted by Gasteiger charge is -2.15. The van der Waals surface area contributed by atoms with Crippen molar-refractivity contribution >= 4 is 5.57 Å². The van der Waals surface area contributed by atoms with Gasteiger partial charge in [-0.05, 0) is 62.7 Å². The van der Waals surface area contributed by atoms with Crippen molar-refractivity contribution in [1.29, 1.82) is 0 Å². The third kappa shape index (κ3) is 7.13. The van der Waals surface area contributed by atoms with E-state index in [1.165, 1.54) is 55.2 Å². The fraction of sp³-hybridized carbons (Fsp3) is 0.708. The number of unbranched alkanes of at least 4 members (excludes halogenated alkanes) is 4. The molecule has 0 amide bonds. The van der Waals surface area contributed by atoms with Crippen molar-refractivity contribution in [3.8, 4) is 0 Å². The third-order valence-electron chi connectivity index (χ3n) is 5.16. The Kier molecular flexibility index (Phi) is 11.3. The molecule has 0 unspecified atom stereocenters. The van der Waals surface area contributed by atoms with Gasteiger partial charge < -0.3 is 4.42 Å². The summed E-state index contributed by atoms with van der Waals surface area (Å²) < 4.78 is 5.85. The monoisotopic (exact) mass is 360 g/mol. The molecule has 1 rings (SSSR count). The maximum Gasteiger partial charge on any atom is 0.339 e. The van der Waals surface area contributed by atoms with Crippen LogP contribution in [0.25, 0.3) is 5.57 Å². The van der Waals surface area contributed by atoms with Gasteiger partial charge in [0.2, 0.25) is 0 Å². The first kappa shape index (κ1) is 22.7. The molecule has 0 fully saturated rings. The highest BCUT2D eigenvalue weighted by molar-refractivity contribution is 5.65. The summed E-state index contributed by atoms with van der Waals surface area (Å²) in [4.78, 5) is 12.7. The first-order valence-electron chi connectivity index (χ1n) is 10.9. The van der Waals surface area contributed by atoms with E-state index in [9.17, 15) is 4.79 Å². The average Bonchev–Trinajstić information content (AvgIpc) is 2.62. The van der Waals surface area contributed by atoms with Crippen LogP contribution in [0.15, 0.2) is 20.9 Å². The summed E-state index contributed by atoms with van der Waals surface area (Å²) >= 11 is 0. The Morgan fingerprint density at radius 3 is 2.04 bits per heavy atom. The molecule has 0 aliphatic carbocycles. The van der Waals surface area contributed by atoms with E-state index in [0.29, 0.717) is 0 Å². The Morgan fingerprint density at radius 1 is 0.846 bits per heavy atom. The Balaban J connectivity index is 3.26. The fourth-order valence-electron chi connectivity index (χ4n) is 3.61. The van der Waals surface area contributed by atoms with E-state index in [1.54, 1.807) is 0 Å². The number of rotatable bonds is 13. The van der Waals surface area contributed by atoms with Crippen LogP contribution in [0.2, 0.25) is 0 Å². The van der Waals surface area contributed by atoms with Crippen LogP contribution in [0.4, 0.5) is 0 Å². The molecule has 0 aliphatic heterocycles. The minimum Gasteiger partial charge on any atom is -0.423 e. The zero-order chi connectivity index (χ0) is 19.4. The first-order valence-corrected chi connectivity index (χ1v) is 10.9. The standard InChI is InChI=1S/C24H40O2/c1-6-10-12-16-19(5)21(17-13-11-7-2)23-18-20(14-8-3)22(15-9-4)24(25)26-23/h18H,6-17H2,1-5H3/b21-19-. The highest BCUT2D eigenvalue weighted by Crippen LogP contribution is 2.29. The lowest BCUT2D eigenvalue weighted by molar-refractivity contribution is 0.480. The van der Waals surface area contributed by atoms with Gasteiger partial charge in [-0.1, -0.05) is 71.8 Å². The molecule has 0 aromatic carbocycles. The van der Waals surface area contributed by atoms with E-state index in [-0.39, 0.29) is 5.63 Å². The Labute approximate surface area is 161 Å². The van der Waals surface area contributed by atoms with Crippen LogP contribution in [0.1, 0.15) is 116 Å². The molecule has 1 aromatic rings. The van der Waals surface area contributed by atoms with Gasteiger partial charge in [-0.3, -0.25) is 0 Å². The van der Waals surface area contributed by atoms with Gasteiger partial charge in [-0.2, -0.15) is 0 Å². The number of aryl methyl sites for hydroxylation is 1. The second-order valence-electron chi connectivity index (χ2n) is 7.57. The molecule has 0 atom stereocenters. The molecule has 2 nitrogen and oxygen atoms in total. The van der Waals surface area contributed by atoms with Crippen LogP contribution in [-0.2, 0) is 12.8 Å². The highest BCUT2D eigenvalue weighted by Gasteiger charge is 2.15. The summed E-state index contributed by atoms with van der Waals surface area (Å²) in [6.45, 7) is 11.0. The number of hydrogen-bond donors (Lipinski definition) is 0. The Bertz CT molecular complexity index is 607. The lowest BCUT2D eigenvalue weighted by atomic mass is 9.94. The molecule has 1 heterocycles. The molecular formula is C24H40O2. The highest BCUT2D eigenvalue weighted by atomic mass is 16.4. The minimum atomic E-state index is -0.109. The van der Waals surface area contributed by atoms with Crippen LogP contribution in [0.3, 0.4) is 0 Å². The summed E-state index contributed by atoms with van der Waals surface area (Å²) in [5.74, 6) is 0.836. The van der Waals surface area contributed by atoms with Crippen molar-refractivity contribution in [3.63, 3.8) is 0 Å². The SMILES string of the molecule is CCCCC/C(C)=C(/CCCCC)c1cc(CCC)c(CCC)c(=O)o1. The van der Waals surface area contributed by atoms with Gasteiger partial charge in [0.05, 0.1) is 0 Å². The fourth-order valence-corrected chi connectivity index (χ4v) is 3.61. The quantitative estimate of drug-likeness (QED) is 0.341. The Hall–Kier alpha value is -1.31. The summed E-state index contributed by atoms with van der Waals surface area (Å²) in [6, 6.07) is 2.18. The average molecular weight is 361 g/mol. The van der Waals surface area contributed by atoms with Gasteiger partial charge in [-0.15, -0.1) is 0 Å². The summed E-state index contributed by atoms with van der Waals surface area (Å²) in [6.07, 6.45) is 13.3. The maximum absolute atomic E-state index is 12.7. The van der Waals surface area contributed by atoms with Crippen molar-refractivity contribution in [1.82, 2.24) is 0 Å². The predicted molar refractivity (Wildman–Crippen MR) is 114 cm³/mol. The second kappa shape index (κ2) is 12.9. The predicted octanol–water partition coefficient (Wildman–Crippen LogP) is 7.48. The second-order valence-corrected chi connectivity index (χ2v) is 7.57. The van der Waals surface area contributed by atoms with Gasteiger partial charge in [0.25, 0.3) is 0 Å². The van der Waals surface area contributed by atoms with Crippen LogP contribution in [-0.4, -0.2) is 0 Å². The van der Waals surface area contributed by atoms with E-state index in [2.05, 4.69) is 40.7 Å². The van der Waals surface area contributed by atoms with Crippen molar-refractivity contribution in [2.75, 3.05) is 0 Å². The van der Waals surface area contributed by atoms with Gasteiger partial charge in [0.1, 0.15) is 5.76 Å². The number of allylic oxidation sites excluding steroid dienone is 2. The number of hydrogen-bond acceptors (Lipinski definition) is 2. The molecule has 1 aromatic heterocycles. The summed E-state index contributed by atoms with van der Waals surface area (Å²) in [5.41, 5.74) is 4.68. The third-order valence-corrected chi connectivity index (χ3v) is 5.16. The zero-order valence-electron chi connectivity index (χ0n) is 17.9. The van der Waals surface area contributed by atoms with Crippen LogP contribution in [0.5, 0.6) is 0 Å². The van der Waals surface area contributed by atoms with Gasteiger partial charge in [0, 0.05) is 5.56 Å². The molecule has 0 radical (unpaired) electrons. The van der Waals surface area contributed by atoms with Crippen LogP contribution < -0.4 is 5.63 Å². The normalized spacial score (nSPS) is 12.3. The molecular weight excluding hydrogens is 320 g/mol.